The molecule has 1 fully saturated rings. The quantitative estimate of drug-likeness (QED) is 0.461. The molecule has 1 saturated heterocycles. The summed E-state index contributed by atoms with van der Waals surface area (Å²) in [5.74, 6) is 0.340. The molecule has 0 saturated carbocycles. The van der Waals surface area contributed by atoms with E-state index in [1.807, 2.05) is 6.92 Å². The number of rotatable bonds is 0. The van der Waals surface area contributed by atoms with Crippen LogP contribution in [0.1, 0.15) is 13.3 Å². The van der Waals surface area contributed by atoms with Crippen LogP contribution >= 0.6 is 0 Å². The van der Waals surface area contributed by atoms with E-state index in [-0.39, 0.29) is 0 Å². The molecular formula is C5H9NO. The van der Waals surface area contributed by atoms with Crippen molar-refractivity contribution in [2.45, 2.75) is 19.4 Å². The average Bonchev–Trinajstić information content (AvgIpc) is 1.87. The first-order chi connectivity index (χ1) is 3.29. The van der Waals surface area contributed by atoms with E-state index in [0.29, 0.717) is 18.4 Å². The molecule has 2 nitrogen and oxygen atoms in total. The summed E-state index contributed by atoms with van der Waals surface area (Å²) in [6, 6.07) is 0.424. The predicted molar refractivity (Wildman–Crippen MR) is 27.1 cm³/mol. The summed E-state index contributed by atoms with van der Waals surface area (Å²) >= 11 is 0. The van der Waals surface area contributed by atoms with Gasteiger partial charge in [0.2, 0.25) is 0 Å². The molecule has 40 valence electrons. The van der Waals surface area contributed by atoms with Crippen molar-refractivity contribution in [2.75, 3.05) is 6.54 Å². The predicted octanol–water partition coefficient (Wildman–Crippen LogP) is -0.0627. The van der Waals surface area contributed by atoms with Gasteiger partial charge >= 0.3 is 0 Å². The maximum atomic E-state index is 10.4. The Labute approximate surface area is 42.9 Å². The smallest absolute Gasteiger partial charge is 0.148 e. The number of hydrogen-bond acceptors (Lipinski definition) is 2. The summed E-state index contributed by atoms with van der Waals surface area (Å²) < 4.78 is 0. The molecule has 1 heterocycles. The van der Waals surface area contributed by atoms with E-state index < -0.39 is 0 Å². The number of Topliss-reactive ketones (excluding diaryl/α,β-unsaturated/α-hetero) is 1. The van der Waals surface area contributed by atoms with Gasteiger partial charge in [0.1, 0.15) is 5.78 Å². The first-order valence-electron chi connectivity index (χ1n) is 2.54. The molecule has 0 unspecified atom stereocenters. The number of ketones is 1. The van der Waals surface area contributed by atoms with Gasteiger partial charge in [-0.3, -0.25) is 4.79 Å². The van der Waals surface area contributed by atoms with Crippen molar-refractivity contribution in [3.8, 4) is 0 Å². The topological polar surface area (TPSA) is 29.1 Å². The van der Waals surface area contributed by atoms with Crippen LogP contribution in [0.5, 0.6) is 0 Å². The fraction of sp³-hybridized carbons (Fsp3) is 0.800. The molecular weight excluding hydrogens is 90.1 g/mol. The third-order valence-corrected chi connectivity index (χ3v) is 1.18. The lowest BCUT2D eigenvalue weighted by molar-refractivity contribution is -0.116. The molecule has 0 aromatic rings. The largest absolute Gasteiger partial charge is 0.307 e. The maximum Gasteiger partial charge on any atom is 0.148 e. The van der Waals surface area contributed by atoms with Crippen LogP contribution in [-0.2, 0) is 4.79 Å². The van der Waals surface area contributed by atoms with Gasteiger partial charge in [-0.2, -0.15) is 0 Å². The highest BCUT2D eigenvalue weighted by Gasteiger charge is 2.15. The summed E-state index contributed by atoms with van der Waals surface area (Å²) in [7, 11) is 0. The molecule has 1 atom stereocenters. The molecule has 0 aromatic carbocycles. The molecule has 0 bridgehead atoms. The molecule has 0 aliphatic carbocycles. The highest BCUT2D eigenvalue weighted by atomic mass is 16.1. The summed E-state index contributed by atoms with van der Waals surface area (Å²) in [6.45, 7) is 2.60. The van der Waals surface area contributed by atoms with Crippen molar-refractivity contribution in [2.24, 2.45) is 0 Å². The number of carbonyl (C=O) groups is 1. The number of carbonyl (C=O) groups excluding carboxylic acids is 1. The van der Waals surface area contributed by atoms with Crippen LogP contribution in [0, 0.1) is 0 Å². The zero-order chi connectivity index (χ0) is 5.28. The van der Waals surface area contributed by atoms with Gasteiger partial charge in [-0.25, -0.2) is 0 Å². The lowest BCUT2D eigenvalue weighted by Gasteiger charge is -1.93. The fourth-order valence-electron chi connectivity index (χ4n) is 0.774. The van der Waals surface area contributed by atoms with Crippen LogP contribution < -0.4 is 5.32 Å². The Hall–Kier alpha value is -0.370. The molecule has 1 rings (SSSR count). The maximum absolute atomic E-state index is 10.4. The fourth-order valence-corrected chi connectivity index (χ4v) is 0.774. The Morgan fingerprint density at radius 3 is 2.71 bits per heavy atom. The van der Waals surface area contributed by atoms with Gasteiger partial charge in [-0.05, 0) is 6.92 Å². The molecule has 1 aliphatic heterocycles. The second-order valence-electron chi connectivity index (χ2n) is 2.02. The van der Waals surface area contributed by atoms with Gasteiger partial charge in [0, 0.05) is 12.5 Å². The third-order valence-electron chi connectivity index (χ3n) is 1.18. The zero-order valence-electron chi connectivity index (χ0n) is 4.40. The molecule has 7 heavy (non-hydrogen) atoms. The van der Waals surface area contributed by atoms with Gasteiger partial charge in [-0.1, -0.05) is 0 Å². The Kier molecular flexibility index (Phi) is 1.11. The molecule has 0 radical (unpaired) electrons. The lowest BCUT2D eigenvalue weighted by Crippen LogP contribution is -2.16. The Morgan fingerprint density at radius 1 is 1.86 bits per heavy atom. The van der Waals surface area contributed by atoms with Crippen LogP contribution in [0.25, 0.3) is 0 Å². The van der Waals surface area contributed by atoms with Crippen LogP contribution in [0.3, 0.4) is 0 Å². The van der Waals surface area contributed by atoms with E-state index >= 15 is 0 Å². The summed E-state index contributed by atoms with van der Waals surface area (Å²) in [6.07, 6.45) is 0.722. The van der Waals surface area contributed by atoms with Gasteiger partial charge in [0.25, 0.3) is 0 Å². The van der Waals surface area contributed by atoms with Crippen molar-refractivity contribution in [1.29, 1.82) is 0 Å². The second-order valence-corrected chi connectivity index (χ2v) is 2.02. The van der Waals surface area contributed by atoms with E-state index in [1.54, 1.807) is 0 Å². The standard InChI is InChI=1S/C5H9NO/c1-4-2-5(7)3-6-4/h4,6H,2-3H2,1H3/t4-/m1/s1. The summed E-state index contributed by atoms with van der Waals surface area (Å²) in [5.41, 5.74) is 0. The second kappa shape index (κ2) is 1.62. The van der Waals surface area contributed by atoms with E-state index in [9.17, 15) is 4.79 Å². The number of hydrogen-bond donors (Lipinski definition) is 1. The Bertz CT molecular complexity index is 90.1. The zero-order valence-corrected chi connectivity index (χ0v) is 4.40. The molecule has 0 amide bonds. The van der Waals surface area contributed by atoms with E-state index in [1.165, 1.54) is 0 Å². The van der Waals surface area contributed by atoms with Crippen LogP contribution in [0.15, 0.2) is 0 Å². The average molecular weight is 99.1 g/mol. The first-order valence-corrected chi connectivity index (χ1v) is 2.54. The van der Waals surface area contributed by atoms with E-state index in [0.717, 1.165) is 6.42 Å². The highest BCUT2D eigenvalue weighted by molar-refractivity contribution is 5.83. The van der Waals surface area contributed by atoms with E-state index in [4.69, 9.17) is 0 Å². The minimum absolute atomic E-state index is 0.340. The Balaban J connectivity index is 2.40. The molecule has 1 aliphatic rings. The summed E-state index contributed by atoms with van der Waals surface area (Å²) in [4.78, 5) is 10.4. The van der Waals surface area contributed by atoms with Crippen molar-refractivity contribution in [1.82, 2.24) is 5.32 Å². The molecule has 0 spiro atoms. The normalized spacial score (nSPS) is 31.6. The van der Waals surface area contributed by atoms with Crippen molar-refractivity contribution >= 4 is 5.78 Å². The van der Waals surface area contributed by atoms with Crippen LogP contribution in [0.2, 0.25) is 0 Å². The van der Waals surface area contributed by atoms with Crippen LogP contribution in [0.4, 0.5) is 0 Å². The first kappa shape index (κ1) is 4.78. The lowest BCUT2D eigenvalue weighted by atomic mass is 10.2. The molecule has 0 aromatic heterocycles. The van der Waals surface area contributed by atoms with Gasteiger partial charge < -0.3 is 5.32 Å². The third kappa shape index (κ3) is 0.996. The monoisotopic (exact) mass is 99.1 g/mol. The Morgan fingerprint density at radius 2 is 2.57 bits per heavy atom. The minimum Gasteiger partial charge on any atom is -0.307 e. The SMILES string of the molecule is C[C@@H]1CC(=O)CN1. The van der Waals surface area contributed by atoms with Gasteiger partial charge in [-0.15, -0.1) is 0 Å². The summed E-state index contributed by atoms with van der Waals surface area (Å²) in [5, 5.41) is 3.02. The number of nitrogens with one attached hydrogen (secondary N) is 1. The van der Waals surface area contributed by atoms with Crippen molar-refractivity contribution in [3.05, 3.63) is 0 Å². The molecule has 2 heteroatoms. The molecule has 1 N–H and O–H groups in total. The van der Waals surface area contributed by atoms with Crippen molar-refractivity contribution in [3.63, 3.8) is 0 Å². The highest BCUT2D eigenvalue weighted by Crippen LogP contribution is 1.97. The van der Waals surface area contributed by atoms with Gasteiger partial charge in [0.15, 0.2) is 0 Å². The minimum atomic E-state index is 0.340. The van der Waals surface area contributed by atoms with Crippen LogP contribution in [-0.4, -0.2) is 18.4 Å². The van der Waals surface area contributed by atoms with E-state index in [2.05, 4.69) is 5.32 Å². The van der Waals surface area contributed by atoms with Crippen molar-refractivity contribution < 1.29 is 4.79 Å². The van der Waals surface area contributed by atoms with Gasteiger partial charge in [0.05, 0.1) is 6.54 Å².